The van der Waals surface area contributed by atoms with Gasteiger partial charge < -0.3 is 5.11 Å². The zero-order chi connectivity index (χ0) is 17.4. The topological polar surface area (TPSA) is 70.7 Å². The van der Waals surface area contributed by atoms with Crippen molar-refractivity contribution in [1.82, 2.24) is 14.8 Å². The maximum absolute atomic E-state index is 13.0. The van der Waals surface area contributed by atoms with Gasteiger partial charge in [0.2, 0.25) is 11.6 Å². The predicted octanol–water partition coefficient (Wildman–Crippen LogP) is 1.70. The molecule has 1 aliphatic heterocycles. The normalized spacial score (nSPS) is 21.4. The van der Waals surface area contributed by atoms with E-state index in [0.29, 0.717) is 0 Å². The van der Waals surface area contributed by atoms with Crippen molar-refractivity contribution in [1.29, 1.82) is 0 Å². The summed E-state index contributed by atoms with van der Waals surface area (Å²) in [4.78, 5) is 12.1. The molecule has 1 N–H and O–H groups in total. The third kappa shape index (κ3) is 3.36. The SMILES string of the molecule is Cc1cc(C)n(CCC(=O)N2N=C(C(F)F)C[C@@]2(O)C(F)F)n1. The lowest BCUT2D eigenvalue weighted by molar-refractivity contribution is -0.192. The lowest BCUT2D eigenvalue weighted by atomic mass is 10.1. The number of carbonyl (C=O) groups excluding carboxylic acids is 1. The van der Waals surface area contributed by atoms with Crippen LogP contribution in [0.1, 0.15) is 24.2 Å². The summed E-state index contributed by atoms with van der Waals surface area (Å²) < 4.78 is 52.8. The number of alkyl halides is 4. The van der Waals surface area contributed by atoms with Crippen LogP contribution in [0.4, 0.5) is 17.6 Å². The first-order valence-electron chi connectivity index (χ1n) is 6.85. The molecule has 0 aromatic carbocycles. The highest BCUT2D eigenvalue weighted by molar-refractivity contribution is 5.92. The Bertz CT molecular complexity index is 631. The van der Waals surface area contributed by atoms with Crippen molar-refractivity contribution in [3.63, 3.8) is 0 Å². The molecule has 1 aromatic rings. The number of hydrogen-bond donors (Lipinski definition) is 1. The molecule has 6 nitrogen and oxygen atoms in total. The van der Waals surface area contributed by atoms with Crippen LogP contribution in [0.2, 0.25) is 0 Å². The second-order valence-electron chi connectivity index (χ2n) is 5.35. The molecule has 0 bridgehead atoms. The van der Waals surface area contributed by atoms with Crippen LogP contribution >= 0.6 is 0 Å². The molecule has 0 radical (unpaired) electrons. The molecule has 1 aliphatic rings. The zero-order valence-corrected chi connectivity index (χ0v) is 12.5. The van der Waals surface area contributed by atoms with Crippen LogP contribution in [-0.4, -0.2) is 50.1 Å². The minimum absolute atomic E-state index is 0.0633. The molecule has 128 valence electrons. The van der Waals surface area contributed by atoms with Gasteiger partial charge in [-0.05, 0) is 19.9 Å². The van der Waals surface area contributed by atoms with Crippen molar-refractivity contribution in [2.75, 3.05) is 0 Å². The van der Waals surface area contributed by atoms with E-state index in [1.54, 1.807) is 19.9 Å². The number of rotatable bonds is 5. The van der Waals surface area contributed by atoms with Gasteiger partial charge in [0.25, 0.3) is 12.9 Å². The van der Waals surface area contributed by atoms with Gasteiger partial charge in [-0.15, -0.1) is 0 Å². The molecule has 0 spiro atoms. The van der Waals surface area contributed by atoms with E-state index in [-0.39, 0.29) is 18.0 Å². The molecule has 10 heteroatoms. The second kappa shape index (κ2) is 6.26. The van der Waals surface area contributed by atoms with E-state index in [1.807, 2.05) is 0 Å². The number of carbonyl (C=O) groups is 1. The Labute approximate surface area is 129 Å². The van der Waals surface area contributed by atoms with Gasteiger partial charge in [-0.2, -0.15) is 15.2 Å². The van der Waals surface area contributed by atoms with E-state index in [0.717, 1.165) is 11.4 Å². The third-order valence-electron chi connectivity index (χ3n) is 3.51. The first-order chi connectivity index (χ1) is 10.6. The van der Waals surface area contributed by atoms with Gasteiger partial charge in [0, 0.05) is 18.5 Å². The summed E-state index contributed by atoms with van der Waals surface area (Å²) in [5.41, 5.74) is -2.49. The monoisotopic (exact) mass is 336 g/mol. The summed E-state index contributed by atoms with van der Waals surface area (Å²) in [6.45, 7) is 3.57. The quantitative estimate of drug-likeness (QED) is 0.832. The van der Waals surface area contributed by atoms with Crippen molar-refractivity contribution in [2.45, 2.75) is 51.8 Å². The number of amides is 1. The molecule has 0 saturated heterocycles. The number of hydrazone groups is 1. The Hall–Kier alpha value is -1.97. The van der Waals surface area contributed by atoms with E-state index in [2.05, 4.69) is 10.2 Å². The Balaban J connectivity index is 2.13. The molecule has 0 aliphatic carbocycles. The van der Waals surface area contributed by atoms with Crippen LogP contribution in [0.15, 0.2) is 11.2 Å². The first-order valence-corrected chi connectivity index (χ1v) is 6.85. The molecule has 1 aromatic heterocycles. The fraction of sp³-hybridized carbons (Fsp3) is 0.615. The molecule has 0 fully saturated rings. The van der Waals surface area contributed by atoms with Crippen LogP contribution in [0.25, 0.3) is 0 Å². The van der Waals surface area contributed by atoms with Crippen LogP contribution in [0.5, 0.6) is 0 Å². The van der Waals surface area contributed by atoms with Gasteiger partial charge >= 0.3 is 0 Å². The first kappa shape index (κ1) is 17.4. The molecule has 1 atom stereocenters. The number of aromatic nitrogens is 2. The lowest BCUT2D eigenvalue weighted by Gasteiger charge is -2.30. The summed E-state index contributed by atoms with van der Waals surface area (Å²) in [6.07, 6.45) is -7.92. The third-order valence-corrected chi connectivity index (χ3v) is 3.51. The number of aliphatic hydroxyl groups is 1. The highest BCUT2D eigenvalue weighted by atomic mass is 19.3. The van der Waals surface area contributed by atoms with Crippen LogP contribution in [0.3, 0.4) is 0 Å². The van der Waals surface area contributed by atoms with E-state index >= 15 is 0 Å². The van der Waals surface area contributed by atoms with Crippen molar-refractivity contribution < 1.29 is 27.5 Å². The largest absolute Gasteiger partial charge is 0.364 e. The molecule has 23 heavy (non-hydrogen) atoms. The van der Waals surface area contributed by atoms with Crippen LogP contribution in [0, 0.1) is 13.8 Å². The van der Waals surface area contributed by atoms with Crippen molar-refractivity contribution in [2.24, 2.45) is 5.10 Å². The molecule has 0 saturated carbocycles. The lowest BCUT2D eigenvalue weighted by Crippen LogP contribution is -2.51. The van der Waals surface area contributed by atoms with Crippen LogP contribution < -0.4 is 0 Å². The number of hydrogen-bond acceptors (Lipinski definition) is 4. The Morgan fingerprint density at radius 1 is 1.39 bits per heavy atom. The highest BCUT2D eigenvalue weighted by Gasteiger charge is 2.53. The molecule has 1 amide bonds. The van der Waals surface area contributed by atoms with Gasteiger partial charge in [-0.1, -0.05) is 0 Å². The summed E-state index contributed by atoms with van der Waals surface area (Å²) in [7, 11) is 0. The second-order valence-corrected chi connectivity index (χ2v) is 5.35. The summed E-state index contributed by atoms with van der Waals surface area (Å²) in [5.74, 6) is -0.976. The van der Waals surface area contributed by atoms with Crippen molar-refractivity contribution in [3.8, 4) is 0 Å². The van der Waals surface area contributed by atoms with Gasteiger partial charge in [0.15, 0.2) is 0 Å². The maximum Gasteiger partial charge on any atom is 0.287 e. The molecular formula is C13H16F4N4O2. The number of aryl methyl sites for hydroxylation is 3. The van der Waals surface area contributed by atoms with E-state index < -0.39 is 36.6 Å². The van der Waals surface area contributed by atoms with Crippen molar-refractivity contribution in [3.05, 3.63) is 17.5 Å². The minimum atomic E-state index is -3.42. The number of nitrogens with zero attached hydrogens (tertiary/aromatic N) is 4. The smallest absolute Gasteiger partial charge is 0.287 e. The fourth-order valence-electron chi connectivity index (χ4n) is 2.36. The summed E-state index contributed by atoms with van der Waals surface area (Å²) >= 11 is 0. The Kier molecular flexibility index (Phi) is 4.73. The Morgan fingerprint density at radius 2 is 2.04 bits per heavy atom. The maximum atomic E-state index is 13.0. The van der Waals surface area contributed by atoms with E-state index in [9.17, 15) is 27.5 Å². The molecular weight excluding hydrogens is 320 g/mol. The van der Waals surface area contributed by atoms with Gasteiger partial charge in [-0.3, -0.25) is 9.48 Å². The standard InChI is InChI=1S/C13H16F4N4O2/c1-7-5-8(2)20(18-7)4-3-10(22)21-13(23,12(16)17)6-9(19-21)11(14)15/h5,11-12,23H,3-4,6H2,1-2H3/t13-/m1/s1. The summed E-state index contributed by atoms with van der Waals surface area (Å²) in [5, 5.41) is 17.2. The van der Waals surface area contributed by atoms with E-state index in [4.69, 9.17) is 0 Å². The van der Waals surface area contributed by atoms with Gasteiger partial charge in [-0.25, -0.2) is 17.6 Å². The molecule has 2 heterocycles. The minimum Gasteiger partial charge on any atom is -0.364 e. The number of halogens is 4. The van der Waals surface area contributed by atoms with Crippen LogP contribution in [-0.2, 0) is 11.3 Å². The predicted molar refractivity (Wildman–Crippen MR) is 72.2 cm³/mol. The highest BCUT2D eigenvalue weighted by Crippen LogP contribution is 2.33. The Morgan fingerprint density at radius 3 is 2.52 bits per heavy atom. The van der Waals surface area contributed by atoms with Gasteiger partial charge in [0.1, 0.15) is 5.71 Å². The van der Waals surface area contributed by atoms with Crippen molar-refractivity contribution >= 4 is 11.6 Å². The molecule has 0 unspecified atom stereocenters. The van der Waals surface area contributed by atoms with E-state index in [1.165, 1.54) is 4.68 Å². The molecule has 2 rings (SSSR count). The zero-order valence-electron chi connectivity index (χ0n) is 12.5. The average molecular weight is 336 g/mol. The average Bonchev–Trinajstić information content (AvgIpc) is 2.97. The summed E-state index contributed by atoms with van der Waals surface area (Å²) in [6, 6.07) is 1.77. The fourth-order valence-corrected chi connectivity index (χ4v) is 2.36. The van der Waals surface area contributed by atoms with Gasteiger partial charge in [0.05, 0.1) is 12.2 Å².